The molecule has 3 aromatic carbocycles. The number of nitrogen functional groups attached to an aromatic ring is 1. The standard InChI is InChI=1S/C28H27N3O5S/c1-2-34-26(32)15-18-11-13-20(14-12-18)31-28(33)35-17-23(19-7-4-3-5-8-19)36-22-9-6-10-24-21(22)16-25(37-24)27(29)30/h3-14,16,23H,2,15,17H2,1H3,(H3,29,30)(H,31,33). The number of nitrogens with one attached hydrogen (secondary N) is 2. The van der Waals surface area contributed by atoms with Gasteiger partial charge in [-0.2, -0.15) is 0 Å². The molecule has 0 saturated heterocycles. The third-order valence-electron chi connectivity index (χ3n) is 5.45. The predicted molar refractivity (Wildman–Crippen MR) is 144 cm³/mol. The fraction of sp³-hybridized carbons (Fsp3) is 0.179. The van der Waals surface area contributed by atoms with Crippen LogP contribution >= 0.6 is 11.3 Å². The highest BCUT2D eigenvalue weighted by molar-refractivity contribution is 7.20. The molecule has 8 nitrogen and oxygen atoms in total. The lowest BCUT2D eigenvalue weighted by molar-refractivity contribution is -0.142. The molecule has 0 fully saturated rings. The molecule has 1 amide bonds. The highest BCUT2D eigenvalue weighted by Gasteiger charge is 2.19. The molecule has 190 valence electrons. The summed E-state index contributed by atoms with van der Waals surface area (Å²) < 4.78 is 17.7. The number of esters is 1. The van der Waals surface area contributed by atoms with Gasteiger partial charge in [-0.05, 0) is 48.4 Å². The van der Waals surface area contributed by atoms with E-state index in [2.05, 4.69) is 5.32 Å². The van der Waals surface area contributed by atoms with E-state index in [1.54, 1.807) is 31.2 Å². The van der Waals surface area contributed by atoms with Gasteiger partial charge >= 0.3 is 12.1 Å². The van der Waals surface area contributed by atoms with Crippen LogP contribution in [0.3, 0.4) is 0 Å². The van der Waals surface area contributed by atoms with Crippen LogP contribution < -0.4 is 15.8 Å². The zero-order valence-corrected chi connectivity index (χ0v) is 21.0. The molecule has 1 unspecified atom stereocenters. The number of nitrogens with two attached hydrogens (primary N) is 1. The molecule has 0 bridgehead atoms. The van der Waals surface area contributed by atoms with E-state index in [1.165, 1.54) is 11.3 Å². The topological polar surface area (TPSA) is 124 Å². The summed E-state index contributed by atoms with van der Waals surface area (Å²) in [6.45, 7) is 2.06. The smallest absolute Gasteiger partial charge is 0.411 e. The van der Waals surface area contributed by atoms with Crippen LogP contribution in [-0.4, -0.2) is 31.1 Å². The van der Waals surface area contributed by atoms with Crippen molar-refractivity contribution in [3.05, 3.63) is 94.9 Å². The lowest BCUT2D eigenvalue weighted by atomic mass is 10.1. The second kappa shape index (κ2) is 12.0. The lowest BCUT2D eigenvalue weighted by Crippen LogP contribution is -2.21. The fourth-order valence-corrected chi connectivity index (χ4v) is 4.62. The number of carbonyl (C=O) groups is 2. The van der Waals surface area contributed by atoms with Crippen molar-refractivity contribution >= 4 is 45.0 Å². The zero-order chi connectivity index (χ0) is 26.2. The van der Waals surface area contributed by atoms with Gasteiger partial charge in [0.05, 0.1) is 17.9 Å². The van der Waals surface area contributed by atoms with Crippen molar-refractivity contribution < 1.29 is 23.8 Å². The highest BCUT2D eigenvalue weighted by Crippen LogP contribution is 2.35. The van der Waals surface area contributed by atoms with Crippen LogP contribution in [0.5, 0.6) is 5.75 Å². The van der Waals surface area contributed by atoms with Crippen molar-refractivity contribution in [2.24, 2.45) is 5.73 Å². The Balaban J connectivity index is 1.43. The van der Waals surface area contributed by atoms with Crippen LogP contribution in [0.25, 0.3) is 10.1 Å². The Morgan fingerprint density at radius 1 is 1.00 bits per heavy atom. The third-order valence-corrected chi connectivity index (χ3v) is 6.58. The number of rotatable bonds is 10. The van der Waals surface area contributed by atoms with Gasteiger partial charge in [0.1, 0.15) is 18.2 Å². The van der Waals surface area contributed by atoms with E-state index in [1.807, 2.05) is 54.6 Å². The van der Waals surface area contributed by atoms with Gasteiger partial charge in [-0.3, -0.25) is 15.5 Å². The van der Waals surface area contributed by atoms with Gasteiger partial charge in [-0.25, -0.2) is 4.79 Å². The summed E-state index contributed by atoms with van der Waals surface area (Å²) >= 11 is 1.42. The van der Waals surface area contributed by atoms with E-state index < -0.39 is 12.2 Å². The first-order valence-electron chi connectivity index (χ1n) is 11.7. The Kier molecular flexibility index (Phi) is 8.37. The molecule has 1 aromatic heterocycles. The van der Waals surface area contributed by atoms with Gasteiger partial charge in [0.2, 0.25) is 0 Å². The Morgan fingerprint density at radius 3 is 2.46 bits per heavy atom. The van der Waals surface area contributed by atoms with Crippen LogP contribution in [0.2, 0.25) is 0 Å². The van der Waals surface area contributed by atoms with Gasteiger partial charge < -0.3 is 19.9 Å². The minimum Gasteiger partial charge on any atom is -0.481 e. The number of hydrogen-bond donors (Lipinski definition) is 3. The normalized spacial score (nSPS) is 11.5. The van der Waals surface area contributed by atoms with Crippen molar-refractivity contribution in [3.63, 3.8) is 0 Å². The summed E-state index contributed by atoms with van der Waals surface area (Å²) in [6, 6.07) is 23.9. The number of amidine groups is 1. The fourth-order valence-electron chi connectivity index (χ4n) is 3.68. The number of anilines is 1. The molecule has 4 N–H and O–H groups in total. The SMILES string of the molecule is CCOC(=O)Cc1ccc(NC(=O)OCC(Oc2cccc3sc(C(=N)N)cc23)c2ccccc2)cc1. The molecule has 0 radical (unpaired) electrons. The minimum absolute atomic E-state index is 0.000638. The van der Waals surface area contributed by atoms with Gasteiger partial charge in [0.25, 0.3) is 0 Å². The molecule has 9 heteroatoms. The molecule has 0 spiro atoms. The summed E-state index contributed by atoms with van der Waals surface area (Å²) in [5, 5.41) is 11.3. The van der Waals surface area contributed by atoms with Gasteiger partial charge in [0.15, 0.2) is 6.10 Å². The average Bonchev–Trinajstić information content (AvgIpc) is 3.34. The van der Waals surface area contributed by atoms with Crippen molar-refractivity contribution in [1.82, 2.24) is 0 Å². The monoisotopic (exact) mass is 517 g/mol. The molecule has 1 atom stereocenters. The van der Waals surface area contributed by atoms with Gasteiger partial charge in [0, 0.05) is 15.8 Å². The average molecular weight is 518 g/mol. The largest absolute Gasteiger partial charge is 0.481 e. The molecule has 4 aromatic rings. The Morgan fingerprint density at radius 2 is 1.76 bits per heavy atom. The number of thiophene rings is 1. The maximum absolute atomic E-state index is 12.5. The van der Waals surface area contributed by atoms with E-state index >= 15 is 0 Å². The summed E-state index contributed by atoms with van der Waals surface area (Å²) in [4.78, 5) is 24.8. The van der Waals surface area contributed by atoms with Crippen LogP contribution in [0.1, 0.15) is 29.0 Å². The van der Waals surface area contributed by atoms with E-state index in [-0.39, 0.29) is 24.8 Å². The zero-order valence-electron chi connectivity index (χ0n) is 20.2. The first-order chi connectivity index (χ1) is 17.9. The predicted octanol–water partition coefficient (Wildman–Crippen LogP) is 5.66. The molecular weight excluding hydrogens is 490 g/mol. The van der Waals surface area contributed by atoms with E-state index in [0.29, 0.717) is 22.9 Å². The number of benzene rings is 3. The summed E-state index contributed by atoms with van der Waals surface area (Å²) in [5.41, 5.74) is 7.84. The maximum Gasteiger partial charge on any atom is 0.411 e. The molecule has 4 rings (SSSR count). The minimum atomic E-state index is -0.629. The Hall–Kier alpha value is -4.37. The van der Waals surface area contributed by atoms with E-state index in [0.717, 1.165) is 21.2 Å². The molecule has 0 aliphatic rings. The van der Waals surface area contributed by atoms with Crippen molar-refractivity contribution in [2.45, 2.75) is 19.4 Å². The van der Waals surface area contributed by atoms with Crippen LogP contribution in [0.15, 0.2) is 78.9 Å². The Bertz CT molecular complexity index is 1390. The summed E-state index contributed by atoms with van der Waals surface area (Å²) in [5.74, 6) is 0.308. The molecule has 0 aliphatic heterocycles. The molecule has 1 heterocycles. The highest BCUT2D eigenvalue weighted by atomic mass is 32.1. The third kappa shape index (κ3) is 6.86. The van der Waals surface area contributed by atoms with Gasteiger partial charge in [-0.15, -0.1) is 11.3 Å². The van der Waals surface area contributed by atoms with Crippen LogP contribution in [0, 0.1) is 5.41 Å². The number of hydrogen-bond acceptors (Lipinski definition) is 7. The molecular formula is C28H27N3O5S. The van der Waals surface area contributed by atoms with Gasteiger partial charge in [-0.1, -0.05) is 48.5 Å². The van der Waals surface area contributed by atoms with Crippen LogP contribution in [-0.2, 0) is 20.7 Å². The van der Waals surface area contributed by atoms with E-state index in [4.69, 9.17) is 25.4 Å². The number of carbonyl (C=O) groups excluding carboxylic acids is 2. The second-order valence-corrected chi connectivity index (χ2v) is 9.20. The van der Waals surface area contributed by atoms with Crippen molar-refractivity contribution in [2.75, 3.05) is 18.5 Å². The number of ether oxygens (including phenoxy) is 3. The van der Waals surface area contributed by atoms with Crippen molar-refractivity contribution in [1.29, 1.82) is 5.41 Å². The Labute approximate surface area is 218 Å². The number of amides is 1. The first-order valence-corrected chi connectivity index (χ1v) is 12.5. The molecule has 37 heavy (non-hydrogen) atoms. The van der Waals surface area contributed by atoms with Crippen LogP contribution in [0.4, 0.5) is 10.5 Å². The van der Waals surface area contributed by atoms with E-state index in [9.17, 15) is 9.59 Å². The quantitative estimate of drug-likeness (QED) is 0.142. The summed E-state index contributed by atoms with van der Waals surface area (Å²) in [6.07, 6.45) is -1.03. The second-order valence-electron chi connectivity index (χ2n) is 8.11. The van der Waals surface area contributed by atoms with Crippen molar-refractivity contribution in [3.8, 4) is 5.75 Å². The lowest BCUT2D eigenvalue weighted by Gasteiger charge is -2.20. The molecule has 0 aliphatic carbocycles. The number of fused-ring (bicyclic) bond motifs is 1. The maximum atomic E-state index is 12.5. The first kappa shape index (κ1) is 25.7. The summed E-state index contributed by atoms with van der Waals surface area (Å²) in [7, 11) is 0. The molecule has 0 saturated carbocycles.